The summed E-state index contributed by atoms with van der Waals surface area (Å²) < 4.78 is 5.20. The molecule has 0 aliphatic carbocycles. The highest BCUT2D eigenvalue weighted by atomic mass is 35.5. The number of nitrogens with one attached hydrogen (secondary N) is 1. The zero-order chi connectivity index (χ0) is 20.1. The zero-order valence-corrected chi connectivity index (χ0v) is 17.1. The molecule has 0 saturated heterocycles. The number of carbonyl (C=O) groups is 2. The van der Waals surface area contributed by atoms with Crippen molar-refractivity contribution in [2.75, 3.05) is 5.32 Å². The van der Waals surface area contributed by atoms with Crippen LogP contribution in [0, 0.1) is 0 Å². The Morgan fingerprint density at radius 1 is 1.18 bits per heavy atom. The van der Waals surface area contributed by atoms with E-state index in [1.165, 1.54) is 18.3 Å². The average Bonchev–Trinajstić information content (AvgIpc) is 3.13. The summed E-state index contributed by atoms with van der Waals surface area (Å²) in [6.07, 6.45) is -1.02. The van der Waals surface area contributed by atoms with Crippen molar-refractivity contribution in [3.63, 3.8) is 0 Å². The second kappa shape index (κ2) is 9.19. The van der Waals surface area contributed by atoms with Gasteiger partial charge in [-0.1, -0.05) is 59.6 Å². The highest BCUT2D eigenvalue weighted by Crippen LogP contribution is 2.25. The molecular weight excluding hydrogens is 419 g/mol. The Morgan fingerprint density at radius 2 is 1.93 bits per heavy atom. The first-order valence-corrected chi connectivity index (χ1v) is 10.0. The molecule has 144 valence electrons. The highest BCUT2D eigenvalue weighted by molar-refractivity contribution is 7.14. The SMILES string of the molecule is C[C@@H](OC(=O)Cc1ccc(Cl)cc1Cl)C(=O)Nc1nc(-c2ccccc2)cs1. The molecule has 0 fully saturated rings. The van der Waals surface area contributed by atoms with E-state index >= 15 is 0 Å². The Hall–Kier alpha value is -2.41. The Balaban J connectivity index is 1.56. The number of nitrogens with zero attached hydrogens (tertiary/aromatic N) is 1. The molecule has 0 aliphatic rings. The van der Waals surface area contributed by atoms with Crippen LogP contribution in [0.5, 0.6) is 0 Å². The fourth-order valence-electron chi connectivity index (χ4n) is 2.39. The quantitative estimate of drug-likeness (QED) is 0.539. The van der Waals surface area contributed by atoms with Crippen molar-refractivity contribution < 1.29 is 14.3 Å². The molecule has 0 spiro atoms. The lowest BCUT2D eigenvalue weighted by atomic mass is 10.1. The van der Waals surface area contributed by atoms with Gasteiger partial charge in [-0.05, 0) is 24.6 Å². The molecule has 0 bridgehead atoms. The normalized spacial score (nSPS) is 11.7. The standard InChI is InChI=1S/C20H16Cl2N2O3S/c1-12(27-18(25)9-14-7-8-15(21)10-16(14)22)19(26)24-20-23-17(11-28-20)13-5-3-2-4-6-13/h2-8,10-12H,9H2,1H3,(H,23,24,26)/t12-/m1/s1. The lowest BCUT2D eigenvalue weighted by Gasteiger charge is -2.13. The number of thiazole rings is 1. The number of hydrogen-bond donors (Lipinski definition) is 1. The summed E-state index contributed by atoms with van der Waals surface area (Å²) in [7, 11) is 0. The van der Waals surface area contributed by atoms with Crippen LogP contribution in [0.4, 0.5) is 5.13 Å². The van der Waals surface area contributed by atoms with Crippen LogP contribution in [0.15, 0.2) is 53.9 Å². The molecule has 0 radical (unpaired) electrons. The monoisotopic (exact) mass is 434 g/mol. The summed E-state index contributed by atoms with van der Waals surface area (Å²) in [5.74, 6) is -1.01. The molecule has 1 aromatic heterocycles. The molecule has 1 N–H and O–H groups in total. The topological polar surface area (TPSA) is 68.3 Å². The fraction of sp³-hybridized carbons (Fsp3) is 0.150. The predicted octanol–water partition coefficient (Wildman–Crippen LogP) is 5.23. The number of amides is 1. The number of rotatable bonds is 6. The van der Waals surface area contributed by atoms with Crippen LogP contribution in [0.3, 0.4) is 0 Å². The number of halogens is 2. The smallest absolute Gasteiger partial charge is 0.311 e. The Labute approximate surface area is 176 Å². The minimum atomic E-state index is -0.970. The van der Waals surface area contributed by atoms with Crippen molar-refractivity contribution in [2.45, 2.75) is 19.4 Å². The molecule has 0 saturated carbocycles. The molecule has 1 atom stereocenters. The molecular formula is C20H16Cl2N2O3S. The third kappa shape index (κ3) is 5.32. The van der Waals surface area contributed by atoms with E-state index in [0.717, 1.165) is 11.3 Å². The van der Waals surface area contributed by atoms with Gasteiger partial charge < -0.3 is 4.74 Å². The number of aromatic nitrogens is 1. The van der Waals surface area contributed by atoms with Crippen LogP contribution in [-0.4, -0.2) is 23.0 Å². The zero-order valence-electron chi connectivity index (χ0n) is 14.8. The van der Waals surface area contributed by atoms with Crippen LogP contribution >= 0.6 is 34.5 Å². The number of esters is 1. The fourth-order valence-corrected chi connectivity index (χ4v) is 3.59. The van der Waals surface area contributed by atoms with E-state index in [4.69, 9.17) is 27.9 Å². The van der Waals surface area contributed by atoms with Gasteiger partial charge in [0.15, 0.2) is 11.2 Å². The molecule has 1 amide bonds. The molecule has 5 nitrogen and oxygen atoms in total. The van der Waals surface area contributed by atoms with E-state index < -0.39 is 18.0 Å². The summed E-state index contributed by atoms with van der Waals surface area (Å²) in [5, 5.41) is 5.81. The van der Waals surface area contributed by atoms with Crippen molar-refractivity contribution in [1.82, 2.24) is 4.98 Å². The van der Waals surface area contributed by atoms with Gasteiger partial charge in [-0.3, -0.25) is 14.9 Å². The maximum absolute atomic E-state index is 12.3. The molecule has 2 aromatic carbocycles. The second-order valence-electron chi connectivity index (χ2n) is 5.94. The largest absolute Gasteiger partial charge is 0.452 e. The van der Waals surface area contributed by atoms with E-state index in [2.05, 4.69) is 10.3 Å². The van der Waals surface area contributed by atoms with E-state index in [1.54, 1.807) is 18.2 Å². The second-order valence-corrected chi connectivity index (χ2v) is 7.64. The first kappa shape index (κ1) is 20.3. The van der Waals surface area contributed by atoms with Gasteiger partial charge in [-0.25, -0.2) is 4.98 Å². The molecule has 3 rings (SSSR count). The molecule has 1 heterocycles. The lowest BCUT2D eigenvalue weighted by Crippen LogP contribution is -2.30. The number of carbonyl (C=O) groups excluding carboxylic acids is 2. The van der Waals surface area contributed by atoms with Crippen molar-refractivity contribution in [3.05, 3.63) is 69.5 Å². The molecule has 8 heteroatoms. The van der Waals surface area contributed by atoms with Crippen molar-refractivity contribution in [3.8, 4) is 11.3 Å². The lowest BCUT2D eigenvalue weighted by molar-refractivity contribution is -0.152. The number of hydrogen-bond acceptors (Lipinski definition) is 5. The summed E-state index contributed by atoms with van der Waals surface area (Å²) in [6.45, 7) is 1.50. The Morgan fingerprint density at radius 3 is 2.64 bits per heavy atom. The highest BCUT2D eigenvalue weighted by Gasteiger charge is 2.20. The van der Waals surface area contributed by atoms with Gasteiger partial charge in [0.1, 0.15) is 0 Å². The molecule has 0 aliphatic heterocycles. The summed E-state index contributed by atoms with van der Waals surface area (Å²) in [4.78, 5) is 28.8. The van der Waals surface area contributed by atoms with Crippen molar-refractivity contribution in [2.24, 2.45) is 0 Å². The van der Waals surface area contributed by atoms with E-state index in [9.17, 15) is 9.59 Å². The van der Waals surface area contributed by atoms with Gasteiger partial charge in [0.2, 0.25) is 0 Å². The van der Waals surface area contributed by atoms with Gasteiger partial charge in [0.05, 0.1) is 12.1 Å². The van der Waals surface area contributed by atoms with Gasteiger partial charge in [-0.2, -0.15) is 0 Å². The van der Waals surface area contributed by atoms with Gasteiger partial charge in [0.25, 0.3) is 5.91 Å². The summed E-state index contributed by atoms with van der Waals surface area (Å²) in [5.41, 5.74) is 2.30. The third-order valence-electron chi connectivity index (χ3n) is 3.83. The predicted molar refractivity (Wildman–Crippen MR) is 112 cm³/mol. The average molecular weight is 435 g/mol. The molecule has 0 unspecified atom stereocenters. The Bertz CT molecular complexity index is 992. The van der Waals surface area contributed by atoms with Crippen LogP contribution in [-0.2, 0) is 20.7 Å². The van der Waals surface area contributed by atoms with Crippen molar-refractivity contribution in [1.29, 1.82) is 0 Å². The number of ether oxygens (including phenoxy) is 1. The molecule has 28 heavy (non-hydrogen) atoms. The van der Waals surface area contributed by atoms with Crippen LogP contribution in [0.2, 0.25) is 10.0 Å². The van der Waals surface area contributed by atoms with Crippen LogP contribution < -0.4 is 5.32 Å². The van der Waals surface area contributed by atoms with Crippen LogP contribution in [0.1, 0.15) is 12.5 Å². The van der Waals surface area contributed by atoms with Gasteiger partial charge >= 0.3 is 5.97 Å². The third-order valence-corrected chi connectivity index (χ3v) is 5.18. The minimum Gasteiger partial charge on any atom is -0.452 e. The van der Waals surface area contributed by atoms with E-state index in [1.807, 2.05) is 35.7 Å². The van der Waals surface area contributed by atoms with Gasteiger partial charge in [-0.15, -0.1) is 11.3 Å². The minimum absolute atomic E-state index is 0.0526. The maximum atomic E-state index is 12.3. The van der Waals surface area contributed by atoms with E-state index in [0.29, 0.717) is 20.7 Å². The molecule has 3 aromatic rings. The van der Waals surface area contributed by atoms with Crippen LogP contribution in [0.25, 0.3) is 11.3 Å². The summed E-state index contributed by atoms with van der Waals surface area (Å²) >= 11 is 13.2. The first-order chi connectivity index (χ1) is 13.4. The summed E-state index contributed by atoms with van der Waals surface area (Å²) in [6, 6.07) is 14.5. The van der Waals surface area contributed by atoms with Crippen molar-refractivity contribution >= 4 is 51.5 Å². The number of benzene rings is 2. The first-order valence-electron chi connectivity index (χ1n) is 8.37. The Kier molecular flexibility index (Phi) is 6.67. The van der Waals surface area contributed by atoms with Gasteiger partial charge in [0, 0.05) is 21.0 Å². The van der Waals surface area contributed by atoms with E-state index in [-0.39, 0.29) is 6.42 Å². The maximum Gasteiger partial charge on any atom is 0.311 e. The number of anilines is 1.